The van der Waals surface area contributed by atoms with E-state index in [4.69, 9.17) is 9.56 Å². The molecule has 0 spiro atoms. The normalized spacial score (nSPS) is 12.2. The fourth-order valence-corrected chi connectivity index (χ4v) is 4.65. The van der Waals surface area contributed by atoms with Gasteiger partial charge in [0.2, 0.25) is 15.7 Å². The fraction of sp³-hybridized carbons (Fsp3) is 0.130. The van der Waals surface area contributed by atoms with Crippen molar-refractivity contribution >= 4 is 42.9 Å². The highest BCUT2D eigenvalue weighted by molar-refractivity contribution is 7.89. The molecule has 32 heavy (non-hydrogen) atoms. The Kier molecular flexibility index (Phi) is 4.61. The Balaban J connectivity index is 1.88. The Morgan fingerprint density at radius 2 is 1.94 bits per heavy atom. The number of hydrogen-bond acceptors (Lipinski definition) is 5. The standard InChI is InChI=1S/C23H18FN3O4S/c1-2-13-5-8-19-17(10-13)20-16-4-3-9-26-22(16)31-23(28)21(20)27(19)12-14-11-15(32(25,29)30)6-7-18(14)24/h3-11H,2,12H2,1H3,(H2,25,29,30). The summed E-state index contributed by atoms with van der Waals surface area (Å²) >= 11 is 0. The summed E-state index contributed by atoms with van der Waals surface area (Å²) in [6.07, 6.45) is 2.34. The highest BCUT2D eigenvalue weighted by Gasteiger charge is 2.21. The van der Waals surface area contributed by atoms with E-state index >= 15 is 0 Å². The molecule has 0 saturated heterocycles. The molecule has 7 nitrogen and oxygen atoms in total. The Labute approximate surface area is 181 Å². The molecule has 0 atom stereocenters. The maximum Gasteiger partial charge on any atom is 0.362 e. The van der Waals surface area contributed by atoms with Gasteiger partial charge in [-0.05, 0) is 54.4 Å². The van der Waals surface area contributed by atoms with E-state index in [2.05, 4.69) is 4.98 Å². The molecule has 0 aliphatic carbocycles. The van der Waals surface area contributed by atoms with Crippen LogP contribution in [0.2, 0.25) is 0 Å². The fourth-order valence-electron chi connectivity index (χ4n) is 4.09. The number of sulfonamides is 1. The van der Waals surface area contributed by atoms with E-state index < -0.39 is 21.5 Å². The lowest BCUT2D eigenvalue weighted by atomic mass is 10.1. The predicted molar refractivity (Wildman–Crippen MR) is 120 cm³/mol. The third-order valence-corrected chi connectivity index (χ3v) is 6.54. The van der Waals surface area contributed by atoms with Gasteiger partial charge in [-0.2, -0.15) is 0 Å². The van der Waals surface area contributed by atoms with Gasteiger partial charge < -0.3 is 8.98 Å². The van der Waals surface area contributed by atoms with Gasteiger partial charge in [0.05, 0.1) is 11.4 Å². The Morgan fingerprint density at radius 1 is 1.12 bits per heavy atom. The third kappa shape index (κ3) is 3.17. The molecular weight excluding hydrogens is 433 g/mol. The second-order valence-corrected chi connectivity index (χ2v) is 9.12. The lowest BCUT2D eigenvalue weighted by Gasteiger charge is -2.10. The van der Waals surface area contributed by atoms with Crippen molar-refractivity contribution in [3.8, 4) is 0 Å². The topological polar surface area (TPSA) is 108 Å². The molecule has 9 heteroatoms. The van der Waals surface area contributed by atoms with Gasteiger partial charge in [-0.15, -0.1) is 0 Å². The van der Waals surface area contributed by atoms with Crippen molar-refractivity contribution < 1.29 is 17.2 Å². The number of aryl methyl sites for hydroxylation is 1. The Hall–Kier alpha value is -3.56. The smallest absolute Gasteiger partial charge is 0.362 e. The minimum absolute atomic E-state index is 0.0839. The predicted octanol–water partition coefficient (Wildman–Crippen LogP) is 3.69. The highest BCUT2D eigenvalue weighted by Crippen LogP contribution is 2.34. The number of nitrogens with zero attached hydrogens (tertiary/aromatic N) is 2. The zero-order valence-electron chi connectivity index (χ0n) is 17.0. The van der Waals surface area contributed by atoms with E-state index in [1.54, 1.807) is 16.8 Å². The minimum Gasteiger partial charge on any atom is -0.402 e. The van der Waals surface area contributed by atoms with Crippen molar-refractivity contribution in [2.45, 2.75) is 24.8 Å². The average molecular weight is 451 g/mol. The van der Waals surface area contributed by atoms with Crippen LogP contribution in [0.25, 0.3) is 32.9 Å². The summed E-state index contributed by atoms with van der Waals surface area (Å²) in [5, 5.41) is 7.36. The molecule has 0 unspecified atom stereocenters. The van der Waals surface area contributed by atoms with Gasteiger partial charge in [0.15, 0.2) is 0 Å². The largest absolute Gasteiger partial charge is 0.402 e. The number of fused-ring (bicyclic) bond motifs is 5. The summed E-state index contributed by atoms with van der Waals surface area (Å²) in [5.74, 6) is -0.607. The quantitative estimate of drug-likeness (QED) is 0.448. The van der Waals surface area contributed by atoms with E-state index in [0.29, 0.717) is 16.3 Å². The molecule has 0 aliphatic heterocycles. The Morgan fingerprint density at radius 3 is 2.69 bits per heavy atom. The first kappa shape index (κ1) is 20.3. The lowest BCUT2D eigenvalue weighted by molar-refractivity contribution is 0.552. The molecule has 162 valence electrons. The van der Waals surface area contributed by atoms with Crippen LogP contribution in [0.3, 0.4) is 0 Å². The average Bonchev–Trinajstić information content (AvgIpc) is 3.09. The monoisotopic (exact) mass is 451 g/mol. The molecule has 5 rings (SSSR count). The summed E-state index contributed by atoms with van der Waals surface area (Å²) in [6.45, 7) is 1.94. The number of benzene rings is 2. The number of nitrogens with two attached hydrogens (primary N) is 1. The first-order valence-corrected chi connectivity index (χ1v) is 11.5. The molecule has 0 fully saturated rings. The number of halogens is 1. The van der Waals surface area contributed by atoms with Gasteiger partial charge in [-0.1, -0.05) is 13.0 Å². The van der Waals surface area contributed by atoms with Crippen molar-refractivity contribution in [3.63, 3.8) is 0 Å². The van der Waals surface area contributed by atoms with Crippen molar-refractivity contribution in [1.29, 1.82) is 0 Å². The molecular formula is C23H18FN3O4S. The summed E-state index contributed by atoms with van der Waals surface area (Å²) < 4.78 is 45.3. The van der Waals surface area contributed by atoms with Gasteiger partial charge in [0, 0.05) is 33.4 Å². The van der Waals surface area contributed by atoms with Crippen LogP contribution in [-0.2, 0) is 23.0 Å². The van der Waals surface area contributed by atoms with Crippen molar-refractivity contribution in [2.24, 2.45) is 5.14 Å². The summed E-state index contributed by atoms with van der Waals surface area (Å²) in [4.78, 5) is 17.0. The van der Waals surface area contributed by atoms with Gasteiger partial charge in [0.1, 0.15) is 11.3 Å². The maximum atomic E-state index is 14.7. The SMILES string of the molecule is CCc1ccc2c(c1)c1c3cccnc3oc(=O)c1n2Cc1cc(S(N)(=O)=O)ccc1F. The molecule has 0 saturated carbocycles. The molecule has 0 radical (unpaired) electrons. The third-order valence-electron chi connectivity index (χ3n) is 5.63. The first-order valence-electron chi connectivity index (χ1n) is 9.92. The number of hydrogen-bond donors (Lipinski definition) is 1. The van der Waals surface area contributed by atoms with Crippen molar-refractivity contribution in [3.05, 3.63) is 82.1 Å². The van der Waals surface area contributed by atoms with Crippen LogP contribution in [0.4, 0.5) is 4.39 Å². The van der Waals surface area contributed by atoms with E-state index in [1.807, 2.05) is 31.2 Å². The summed E-state index contributed by atoms with van der Waals surface area (Å²) in [5.41, 5.74) is 1.72. The molecule has 0 bridgehead atoms. The van der Waals surface area contributed by atoms with Crippen molar-refractivity contribution in [1.82, 2.24) is 9.55 Å². The van der Waals surface area contributed by atoms with E-state index in [-0.39, 0.29) is 28.2 Å². The number of aromatic nitrogens is 2. The van der Waals surface area contributed by atoms with Gasteiger partial charge in [0.25, 0.3) is 0 Å². The first-order chi connectivity index (χ1) is 15.3. The number of primary sulfonamides is 1. The van der Waals surface area contributed by atoms with Gasteiger partial charge in [-0.25, -0.2) is 27.7 Å². The van der Waals surface area contributed by atoms with E-state index in [1.165, 1.54) is 6.07 Å². The van der Waals surface area contributed by atoms with E-state index in [9.17, 15) is 17.6 Å². The zero-order valence-corrected chi connectivity index (χ0v) is 17.8. The second-order valence-electron chi connectivity index (χ2n) is 7.56. The van der Waals surface area contributed by atoms with Crippen LogP contribution in [0.5, 0.6) is 0 Å². The molecule has 2 N–H and O–H groups in total. The highest BCUT2D eigenvalue weighted by atomic mass is 32.2. The zero-order chi connectivity index (χ0) is 22.6. The van der Waals surface area contributed by atoms with Crippen LogP contribution in [0, 0.1) is 5.82 Å². The molecule has 0 amide bonds. The molecule has 5 aromatic rings. The summed E-state index contributed by atoms with van der Waals surface area (Å²) in [7, 11) is -4.02. The maximum absolute atomic E-state index is 14.7. The summed E-state index contributed by atoms with van der Waals surface area (Å²) in [6, 6.07) is 12.7. The second kappa shape index (κ2) is 7.25. The molecule has 0 aliphatic rings. The molecule has 2 aromatic carbocycles. The molecule has 3 heterocycles. The van der Waals surface area contributed by atoms with Crippen LogP contribution < -0.4 is 10.8 Å². The van der Waals surface area contributed by atoms with Crippen LogP contribution in [0.1, 0.15) is 18.1 Å². The van der Waals surface area contributed by atoms with E-state index in [0.717, 1.165) is 29.5 Å². The van der Waals surface area contributed by atoms with Crippen LogP contribution in [-0.4, -0.2) is 18.0 Å². The number of rotatable bonds is 4. The van der Waals surface area contributed by atoms with Crippen LogP contribution in [0.15, 0.2) is 68.8 Å². The van der Waals surface area contributed by atoms with Gasteiger partial charge >= 0.3 is 5.63 Å². The van der Waals surface area contributed by atoms with Crippen molar-refractivity contribution in [2.75, 3.05) is 0 Å². The van der Waals surface area contributed by atoms with Gasteiger partial charge in [-0.3, -0.25) is 0 Å². The van der Waals surface area contributed by atoms with Crippen LogP contribution >= 0.6 is 0 Å². The number of pyridine rings is 1. The lowest BCUT2D eigenvalue weighted by Crippen LogP contribution is -2.14. The minimum atomic E-state index is -4.02. The Bertz CT molecular complexity index is 1700. The molecule has 3 aromatic heterocycles.